The number of carboxylic acids is 2. The van der Waals surface area contributed by atoms with Crippen LogP contribution in [0.2, 0.25) is 0 Å². The van der Waals surface area contributed by atoms with Gasteiger partial charge in [0.05, 0.1) is 18.3 Å². The number of carboxylic acid groups (broad SMARTS) is 2. The number of piperidine rings is 1. The predicted octanol–water partition coefficient (Wildman–Crippen LogP) is 1.17. The Morgan fingerprint density at radius 2 is 1.85 bits per heavy atom. The van der Waals surface area contributed by atoms with Crippen molar-refractivity contribution in [1.29, 1.82) is 0 Å². The molecular formula is C16H20FNO7S. The quantitative estimate of drug-likeness (QED) is 0.640. The molecule has 1 fully saturated rings. The highest BCUT2D eigenvalue weighted by Crippen LogP contribution is 2.26. The topological polar surface area (TPSA) is 121 Å². The van der Waals surface area contributed by atoms with Crippen molar-refractivity contribution in [2.75, 3.05) is 18.9 Å². The molecule has 0 unspecified atom stereocenters. The third-order valence-electron chi connectivity index (χ3n) is 4.17. The minimum Gasteiger partial charge on any atom is -0.494 e. The van der Waals surface area contributed by atoms with E-state index in [1.807, 2.05) is 0 Å². The van der Waals surface area contributed by atoms with E-state index in [1.165, 1.54) is 24.3 Å². The van der Waals surface area contributed by atoms with Crippen molar-refractivity contribution < 1.29 is 37.3 Å². The van der Waals surface area contributed by atoms with E-state index >= 15 is 0 Å². The minimum atomic E-state index is -3.87. The van der Waals surface area contributed by atoms with Crippen molar-refractivity contribution in [2.45, 2.75) is 25.3 Å². The lowest BCUT2D eigenvalue weighted by atomic mass is 9.93. The first-order valence-corrected chi connectivity index (χ1v) is 9.65. The average Bonchev–Trinajstić information content (AvgIpc) is 2.59. The van der Waals surface area contributed by atoms with Crippen LogP contribution in [0.5, 0.6) is 5.75 Å². The van der Waals surface area contributed by atoms with Gasteiger partial charge in [-0.1, -0.05) is 0 Å². The molecular weight excluding hydrogens is 369 g/mol. The second kappa shape index (κ2) is 8.45. The molecule has 1 saturated heterocycles. The average molecular weight is 389 g/mol. The summed E-state index contributed by atoms with van der Waals surface area (Å²) < 4.78 is 43.9. The highest BCUT2D eigenvalue weighted by molar-refractivity contribution is 7.89. The zero-order chi connectivity index (χ0) is 19.3. The summed E-state index contributed by atoms with van der Waals surface area (Å²) in [5.41, 5.74) is 0. The van der Waals surface area contributed by atoms with Gasteiger partial charge in [0.15, 0.2) is 0 Å². The Hall–Kier alpha value is -2.20. The molecule has 26 heavy (non-hydrogen) atoms. The molecule has 0 aliphatic carbocycles. The Labute approximate surface area is 150 Å². The van der Waals surface area contributed by atoms with Crippen LogP contribution in [0.4, 0.5) is 4.39 Å². The molecule has 0 saturated carbocycles. The molecule has 1 aliphatic rings. The number of ether oxygens (including phenoxy) is 1. The molecule has 10 heteroatoms. The summed E-state index contributed by atoms with van der Waals surface area (Å²) in [7, 11) is -3.87. The lowest BCUT2D eigenvalue weighted by molar-refractivity contribution is -0.148. The van der Waals surface area contributed by atoms with Crippen molar-refractivity contribution >= 4 is 22.0 Å². The van der Waals surface area contributed by atoms with Crippen LogP contribution in [0.3, 0.4) is 0 Å². The van der Waals surface area contributed by atoms with Gasteiger partial charge in [-0.2, -0.15) is 4.31 Å². The first-order valence-electron chi connectivity index (χ1n) is 8.04. The van der Waals surface area contributed by atoms with Crippen molar-refractivity contribution in [3.05, 3.63) is 30.1 Å². The van der Waals surface area contributed by atoms with Gasteiger partial charge in [-0.3, -0.25) is 9.59 Å². The number of benzene rings is 1. The van der Waals surface area contributed by atoms with Crippen LogP contribution in [-0.2, 0) is 19.6 Å². The fourth-order valence-electron chi connectivity index (χ4n) is 2.80. The Kier molecular flexibility index (Phi) is 6.54. The van der Waals surface area contributed by atoms with E-state index in [2.05, 4.69) is 0 Å². The monoisotopic (exact) mass is 389 g/mol. The number of nitrogens with zero attached hydrogens (tertiary/aromatic N) is 1. The number of hydrogen-bond acceptors (Lipinski definition) is 5. The molecule has 1 heterocycles. The van der Waals surface area contributed by atoms with Crippen LogP contribution in [0.1, 0.15) is 19.3 Å². The van der Waals surface area contributed by atoms with Crippen molar-refractivity contribution in [3.8, 4) is 5.75 Å². The summed E-state index contributed by atoms with van der Waals surface area (Å²) >= 11 is 0. The van der Waals surface area contributed by atoms with Gasteiger partial charge in [0.2, 0.25) is 10.0 Å². The maximum absolute atomic E-state index is 12.8. The number of halogens is 1. The molecule has 0 spiro atoms. The smallest absolute Gasteiger partial charge is 0.322 e. The second-order valence-corrected chi connectivity index (χ2v) is 8.04. The molecule has 1 aromatic rings. The molecule has 2 N–H and O–H groups in total. The van der Waals surface area contributed by atoms with Gasteiger partial charge in [-0.25, -0.2) is 12.8 Å². The molecule has 0 aromatic heterocycles. The first kappa shape index (κ1) is 20.1. The Morgan fingerprint density at radius 1 is 1.19 bits per heavy atom. The molecule has 1 aliphatic heterocycles. The molecule has 1 aromatic carbocycles. The molecule has 0 radical (unpaired) electrons. The Balaban J connectivity index is 1.92. The molecule has 144 valence electrons. The standard InChI is InChI=1S/C16H20FNO7S/c17-12-2-4-13(5-3-12)25-8-1-9-26(23,24)18-7-6-11(15(19)20)10-14(18)16(21)22/h2-5,11,14H,1,6-10H2,(H,19,20)(H,21,22)/t11-,14-/m1/s1. The van der Waals surface area contributed by atoms with Crippen LogP contribution in [0.15, 0.2) is 24.3 Å². The summed E-state index contributed by atoms with van der Waals surface area (Å²) in [5, 5.41) is 18.3. The fraction of sp³-hybridized carbons (Fsp3) is 0.500. The fourth-order valence-corrected chi connectivity index (χ4v) is 4.47. The normalized spacial score (nSPS) is 21.3. The second-order valence-electron chi connectivity index (χ2n) is 6.00. The molecule has 2 atom stereocenters. The van der Waals surface area contributed by atoms with Gasteiger partial charge in [0.25, 0.3) is 0 Å². The van der Waals surface area contributed by atoms with E-state index in [4.69, 9.17) is 9.84 Å². The molecule has 8 nitrogen and oxygen atoms in total. The van der Waals surface area contributed by atoms with Gasteiger partial charge in [-0.15, -0.1) is 0 Å². The van der Waals surface area contributed by atoms with Crippen LogP contribution in [0, 0.1) is 11.7 Å². The number of aliphatic carboxylic acids is 2. The van der Waals surface area contributed by atoms with Crippen molar-refractivity contribution in [1.82, 2.24) is 4.31 Å². The van der Waals surface area contributed by atoms with Crippen LogP contribution in [-0.4, -0.2) is 59.8 Å². The van der Waals surface area contributed by atoms with E-state index in [-0.39, 0.29) is 38.2 Å². The Morgan fingerprint density at radius 3 is 2.42 bits per heavy atom. The van der Waals surface area contributed by atoms with Gasteiger partial charge in [0, 0.05) is 6.54 Å². The van der Waals surface area contributed by atoms with Gasteiger partial charge < -0.3 is 14.9 Å². The van der Waals surface area contributed by atoms with Gasteiger partial charge in [-0.05, 0) is 43.5 Å². The van der Waals surface area contributed by atoms with Gasteiger partial charge >= 0.3 is 11.9 Å². The van der Waals surface area contributed by atoms with E-state index in [0.29, 0.717) is 5.75 Å². The first-order chi connectivity index (χ1) is 12.2. The van der Waals surface area contributed by atoms with Crippen LogP contribution >= 0.6 is 0 Å². The minimum absolute atomic E-state index is 0.0637. The Bertz CT molecular complexity index is 750. The molecule has 0 bridgehead atoms. The van der Waals surface area contributed by atoms with Crippen molar-refractivity contribution in [3.63, 3.8) is 0 Å². The lowest BCUT2D eigenvalue weighted by Gasteiger charge is -2.34. The van der Waals surface area contributed by atoms with E-state index < -0.39 is 39.7 Å². The van der Waals surface area contributed by atoms with Gasteiger partial charge in [0.1, 0.15) is 17.6 Å². The largest absolute Gasteiger partial charge is 0.494 e. The number of carbonyl (C=O) groups is 2. The molecule has 2 rings (SSSR count). The molecule has 0 amide bonds. The highest BCUT2D eigenvalue weighted by Gasteiger charge is 2.41. The zero-order valence-electron chi connectivity index (χ0n) is 13.9. The van der Waals surface area contributed by atoms with E-state index in [9.17, 15) is 27.5 Å². The van der Waals surface area contributed by atoms with Crippen LogP contribution < -0.4 is 4.74 Å². The van der Waals surface area contributed by atoms with E-state index in [0.717, 1.165) is 4.31 Å². The predicted molar refractivity (Wildman–Crippen MR) is 88.8 cm³/mol. The number of hydrogen-bond donors (Lipinski definition) is 2. The summed E-state index contributed by atoms with van der Waals surface area (Å²) in [6.45, 7) is -0.0801. The van der Waals surface area contributed by atoms with Crippen molar-refractivity contribution in [2.24, 2.45) is 5.92 Å². The number of sulfonamides is 1. The van der Waals surface area contributed by atoms with Crippen LogP contribution in [0.25, 0.3) is 0 Å². The third-order valence-corrected chi connectivity index (χ3v) is 6.13. The number of rotatable bonds is 8. The third kappa shape index (κ3) is 5.15. The van der Waals surface area contributed by atoms with E-state index in [1.54, 1.807) is 0 Å². The lowest BCUT2D eigenvalue weighted by Crippen LogP contribution is -2.51. The zero-order valence-corrected chi connectivity index (χ0v) is 14.7. The summed E-state index contributed by atoms with van der Waals surface area (Å²) in [4.78, 5) is 22.4. The maximum Gasteiger partial charge on any atom is 0.322 e. The highest BCUT2D eigenvalue weighted by atomic mass is 32.2. The maximum atomic E-state index is 12.8. The summed E-state index contributed by atoms with van der Waals surface area (Å²) in [6, 6.07) is 3.89. The summed E-state index contributed by atoms with van der Waals surface area (Å²) in [6.07, 6.45) is -0.0642. The summed E-state index contributed by atoms with van der Waals surface area (Å²) in [5.74, 6) is -3.69. The SMILES string of the molecule is O=C(O)[C@@H]1CCN(S(=O)(=O)CCCOc2ccc(F)cc2)[C@@H](C(=O)O)C1.